The van der Waals surface area contributed by atoms with Crippen LogP contribution in [-0.4, -0.2) is 37.7 Å². The standard InChI is InChI=1S/C15H20N2O5/c1-11(14(19)21-2)17-13(18)8-9-16-15(20)22-10-12-6-4-3-5-7-12/h3-7,11H,8-10H2,1-2H3,(H,16,20)(H,17,18)/t11-/m0/s1. The van der Waals surface area contributed by atoms with E-state index in [0.29, 0.717) is 0 Å². The number of hydrogen-bond acceptors (Lipinski definition) is 5. The van der Waals surface area contributed by atoms with Crippen LogP contribution in [0.2, 0.25) is 0 Å². The fraction of sp³-hybridized carbons (Fsp3) is 0.400. The number of nitrogens with one attached hydrogen (secondary N) is 2. The summed E-state index contributed by atoms with van der Waals surface area (Å²) in [4.78, 5) is 34.1. The number of methoxy groups -OCH3 is 1. The molecule has 0 heterocycles. The van der Waals surface area contributed by atoms with Crippen molar-refractivity contribution in [3.8, 4) is 0 Å². The van der Waals surface area contributed by atoms with E-state index < -0.39 is 18.1 Å². The number of esters is 1. The summed E-state index contributed by atoms with van der Waals surface area (Å²) in [6.45, 7) is 1.80. The molecule has 120 valence electrons. The molecule has 0 spiro atoms. The van der Waals surface area contributed by atoms with Crippen molar-refractivity contribution in [1.29, 1.82) is 0 Å². The Balaban J connectivity index is 2.16. The summed E-state index contributed by atoms with van der Waals surface area (Å²) >= 11 is 0. The lowest BCUT2D eigenvalue weighted by Crippen LogP contribution is -2.40. The van der Waals surface area contributed by atoms with Crippen molar-refractivity contribution in [2.75, 3.05) is 13.7 Å². The quantitative estimate of drug-likeness (QED) is 0.732. The molecule has 0 saturated heterocycles. The van der Waals surface area contributed by atoms with Crippen molar-refractivity contribution in [3.05, 3.63) is 35.9 Å². The van der Waals surface area contributed by atoms with Gasteiger partial charge in [-0.2, -0.15) is 0 Å². The molecule has 0 radical (unpaired) electrons. The molecule has 0 aliphatic heterocycles. The number of rotatable bonds is 7. The normalized spacial score (nSPS) is 11.2. The maximum atomic E-state index is 11.5. The average Bonchev–Trinajstić information content (AvgIpc) is 2.53. The maximum Gasteiger partial charge on any atom is 0.407 e. The Kier molecular flexibility index (Phi) is 7.45. The second-order valence-electron chi connectivity index (χ2n) is 4.55. The van der Waals surface area contributed by atoms with Crippen LogP contribution >= 0.6 is 0 Å². The summed E-state index contributed by atoms with van der Waals surface area (Å²) in [6.07, 6.45) is -0.556. The van der Waals surface area contributed by atoms with E-state index >= 15 is 0 Å². The van der Waals surface area contributed by atoms with Gasteiger partial charge in [-0.25, -0.2) is 9.59 Å². The summed E-state index contributed by atoms with van der Waals surface area (Å²) in [5.74, 6) is -0.884. The Labute approximate surface area is 129 Å². The van der Waals surface area contributed by atoms with Gasteiger partial charge >= 0.3 is 12.1 Å². The van der Waals surface area contributed by atoms with Crippen molar-refractivity contribution >= 4 is 18.0 Å². The predicted octanol–water partition coefficient (Wildman–Crippen LogP) is 0.981. The molecule has 0 aromatic heterocycles. The first-order chi connectivity index (χ1) is 10.5. The molecule has 1 aromatic carbocycles. The molecular formula is C15H20N2O5. The van der Waals surface area contributed by atoms with E-state index in [1.165, 1.54) is 14.0 Å². The van der Waals surface area contributed by atoms with Crippen molar-refractivity contribution in [1.82, 2.24) is 10.6 Å². The van der Waals surface area contributed by atoms with Crippen molar-refractivity contribution in [2.24, 2.45) is 0 Å². The Morgan fingerprint density at radius 2 is 1.86 bits per heavy atom. The highest BCUT2D eigenvalue weighted by Crippen LogP contribution is 2.00. The third-order valence-corrected chi connectivity index (χ3v) is 2.77. The number of carbonyl (C=O) groups is 3. The molecular weight excluding hydrogens is 288 g/mol. The molecule has 0 saturated carbocycles. The van der Waals surface area contributed by atoms with E-state index in [1.807, 2.05) is 30.3 Å². The Morgan fingerprint density at radius 3 is 2.50 bits per heavy atom. The lowest BCUT2D eigenvalue weighted by Gasteiger charge is -2.11. The molecule has 1 atom stereocenters. The van der Waals surface area contributed by atoms with Crippen LogP contribution in [0.4, 0.5) is 4.79 Å². The third kappa shape index (κ3) is 6.74. The second-order valence-corrected chi connectivity index (χ2v) is 4.55. The number of hydrogen-bond donors (Lipinski definition) is 2. The molecule has 22 heavy (non-hydrogen) atoms. The highest BCUT2D eigenvalue weighted by atomic mass is 16.5. The third-order valence-electron chi connectivity index (χ3n) is 2.77. The lowest BCUT2D eigenvalue weighted by molar-refractivity contribution is -0.144. The van der Waals surface area contributed by atoms with Crippen molar-refractivity contribution < 1.29 is 23.9 Å². The molecule has 0 aliphatic rings. The van der Waals surface area contributed by atoms with Gasteiger partial charge in [-0.05, 0) is 12.5 Å². The van der Waals surface area contributed by atoms with Crippen molar-refractivity contribution in [2.45, 2.75) is 26.0 Å². The zero-order valence-electron chi connectivity index (χ0n) is 12.6. The van der Waals surface area contributed by atoms with E-state index in [1.54, 1.807) is 0 Å². The summed E-state index contributed by atoms with van der Waals surface area (Å²) in [7, 11) is 1.25. The summed E-state index contributed by atoms with van der Waals surface area (Å²) in [5, 5.41) is 4.92. The van der Waals surface area contributed by atoms with Crippen molar-refractivity contribution in [3.63, 3.8) is 0 Å². The SMILES string of the molecule is COC(=O)[C@H](C)NC(=O)CCNC(=O)OCc1ccccc1. The molecule has 7 heteroatoms. The van der Waals surface area contributed by atoms with Crippen LogP contribution in [0.1, 0.15) is 18.9 Å². The minimum absolute atomic E-state index is 0.0434. The van der Waals surface area contributed by atoms with Crippen LogP contribution in [-0.2, 0) is 25.7 Å². The van der Waals surface area contributed by atoms with Crippen LogP contribution in [0, 0.1) is 0 Å². The van der Waals surface area contributed by atoms with E-state index in [9.17, 15) is 14.4 Å². The first-order valence-electron chi connectivity index (χ1n) is 6.84. The van der Waals surface area contributed by atoms with Gasteiger partial charge in [0, 0.05) is 13.0 Å². The maximum absolute atomic E-state index is 11.5. The van der Waals surface area contributed by atoms with Gasteiger partial charge in [0.2, 0.25) is 5.91 Å². The molecule has 0 unspecified atom stereocenters. The van der Waals surface area contributed by atoms with Crippen LogP contribution in [0.5, 0.6) is 0 Å². The number of ether oxygens (including phenoxy) is 2. The molecule has 1 rings (SSSR count). The van der Waals surface area contributed by atoms with E-state index in [2.05, 4.69) is 15.4 Å². The fourth-order valence-corrected chi connectivity index (χ4v) is 1.60. The Bertz CT molecular complexity index is 504. The van der Waals surface area contributed by atoms with Gasteiger partial charge in [0.15, 0.2) is 0 Å². The van der Waals surface area contributed by atoms with Crippen LogP contribution < -0.4 is 10.6 Å². The molecule has 2 N–H and O–H groups in total. The van der Waals surface area contributed by atoms with Gasteiger partial charge in [-0.15, -0.1) is 0 Å². The first-order valence-corrected chi connectivity index (χ1v) is 6.84. The first kappa shape index (κ1) is 17.5. The highest BCUT2D eigenvalue weighted by Gasteiger charge is 2.15. The molecule has 0 bridgehead atoms. The van der Waals surface area contributed by atoms with Crippen LogP contribution in [0.3, 0.4) is 0 Å². The topological polar surface area (TPSA) is 93.7 Å². The average molecular weight is 308 g/mol. The van der Waals surface area contributed by atoms with Gasteiger partial charge < -0.3 is 20.1 Å². The largest absolute Gasteiger partial charge is 0.467 e. The van der Waals surface area contributed by atoms with Gasteiger partial charge in [0.1, 0.15) is 12.6 Å². The zero-order chi connectivity index (χ0) is 16.4. The van der Waals surface area contributed by atoms with Gasteiger partial charge in [-0.1, -0.05) is 30.3 Å². The van der Waals surface area contributed by atoms with E-state index in [4.69, 9.17) is 4.74 Å². The fourth-order valence-electron chi connectivity index (χ4n) is 1.60. The van der Waals surface area contributed by atoms with Gasteiger partial charge in [0.25, 0.3) is 0 Å². The highest BCUT2D eigenvalue weighted by molar-refractivity contribution is 5.84. The minimum Gasteiger partial charge on any atom is -0.467 e. The Hall–Kier alpha value is -2.57. The van der Waals surface area contributed by atoms with Gasteiger partial charge in [-0.3, -0.25) is 4.79 Å². The smallest absolute Gasteiger partial charge is 0.407 e. The zero-order valence-corrected chi connectivity index (χ0v) is 12.6. The molecule has 0 aliphatic carbocycles. The number of alkyl carbamates (subject to hydrolysis) is 1. The van der Waals surface area contributed by atoms with E-state index in [0.717, 1.165) is 5.56 Å². The summed E-state index contributed by atoms with van der Waals surface area (Å²) in [5.41, 5.74) is 0.877. The number of carbonyl (C=O) groups excluding carboxylic acids is 3. The van der Waals surface area contributed by atoms with Crippen LogP contribution in [0.25, 0.3) is 0 Å². The number of amides is 2. The minimum atomic E-state index is -0.720. The Morgan fingerprint density at radius 1 is 1.18 bits per heavy atom. The monoisotopic (exact) mass is 308 g/mol. The lowest BCUT2D eigenvalue weighted by atomic mass is 10.2. The molecule has 1 aromatic rings. The molecule has 7 nitrogen and oxygen atoms in total. The molecule has 2 amide bonds. The predicted molar refractivity (Wildman–Crippen MR) is 78.9 cm³/mol. The molecule has 0 fully saturated rings. The second kappa shape index (κ2) is 9.38. The van der Waals surface area contributed by atoms with E-state index in [-0.39, 0.29) is 25.5 Å². The summed E-state index contributed by atoms with van der Waals surface area (Å²) in [6, 6.07) is 8.54. The van der Waals surface area contributed by atoms with Gasteiger partial charge in [0.05, 0.1) is 7.11 Å². The summed E-state index contributed by atoms with van der Waals surface area (Å²) < 4.78 is 9.48. The number of benzene rings is 1. The van der Waals surface area contributed by atoms with Crippen LogP contribution in [0.15, 0.2) is 30.3 Å².